The van der Waals surface area contributed by atoms with E-state index < -0.39 is 0 Å². The maximum atomic E-state index is 9.34. The van der Waals surface area contributed by atoms with Crippen LogP contribution in [0.1, 0.15) is 26.2 Å². The molecule has 0 aliphatic carbocycles. The zero-order chi connectivity index (χ0) is 9.97. The standard InChI is InChI=1S/C8H15N5O/c1-6(14)5-7-3-2-4-13(7)8-9-11-12-10-8/h6-7,14H,2-5H2,1H3,(H,9,10,11,12). The smallest absolute Gasteiger partial charge is 0.266 e. The Morgan fingerprint density at radius 1 is 1.71 bits per heavy atom. The van der Waals surface area contributed by atoms with Crippen LogP contribution in [0.3, 0.4) is 0 Å². The summed E-state index contributed by atoms with van der Waals surface area (Å²) >= 11 is 0. The number of aromatic nitrogens is 4. The maximum absolute atomic E-state index is 9.34. The van der Waals surface area contributed by atoms with E-state index in [-0.39, 0.29) is 6.10 Å². The molecular formula is C8H15N5O. The number of nitrogens with one attached hydrogen (secondary N) is 1. The second-order valence-electron chi connectivity index (χ2n) is 3.79. The normalized spacial score (nSPS) is 24.1. The molecule has 2 unspecified atom stereocenters. The topological polar surface area (TPSA) is 77.9 Å². The van der Waals surface area contributed by atoms with Crippen LogP contribution in [0.15, 0.2) is 0 Å². The van der Waals surface area contributed by atoms with Gasteiger partial charge in [-0.05, 0) is 31.4 Å². The number of hydrogen-bond acceptors (Lipinski definition) is 5. The second kappa shape index (κ2) is 3.91. The number of aliphatic hydroxyl groups excluding tert-OH is 1. The van der Waals surface area contributed by atoms with Crippen molar-refractivity contribution in [1.82, 2.24) is 20.6 Å². The number of aliphatic hydroxyl groups is 1. The van der Waals surface area contributed by atoms with E-state index in [0.29, 0.717) is 12.0 Å². The summed E-state index contributed by atoms with van der Waals surface area (Å²) in [6, 6.07) is 0.354. The summed E-state index contributed by atoms with van der Waals surface area (Å²) in [7, 11) is 0. The van der Waals surface area contributed by atoms with Gasteiger partial charge in [0, 0.05) is 12.6 Å². The number of hydrogen-bond donors (Lipinski definition) is 2. The van der Waals surface area contributed by atoms with Crippen LogP contribution in [-0.2, 0) is 0 Å². The molecule has 1 saturated heterocycles. The molecule has 6 nitrogen and oxygen atoms in total. The van der Waals surface area contributed by atoms with Crippen molar-refractivity contribution in [1.29, 1.82) is 0 Å². The number of tetrazole rings is 1. The molecule has 1 fully saturated rings. The largest absolute Gasteiger partial charge is 0.393 e. The van der Waals surface area contributed by atoms with Crippen molar-refractivity contribution in [3.8, 4) is 0 Å². The van der Waals surface area contributed by atoms with Crippen molar-refractivity contribution in [2.75, 3.05) is 11.4 Å². The first-order chi connectivity index (χ1) is 6.77. The van der Waals surface area contributed by atoms with Crippen LogP contribution in [-0.4, -0.2) is 44.4 Å². The van der Waals surface area contributed by atoms with Crippen LogP contribution >= 0.6 is 0 Å². The van der Waals surface area contributed by atoms with Gasteiger partial charge in [0.1, 0.15) is 0 Å². The van der Waals surface area contributed by atoms with Crippen LogP contribution < -0.4 is 4.90 Å². The number of anilines is 1. The summed E-state index contributed by atoms with van der Waals surface area (Å²) < 4.78 is 0. The zero-order valence-electron chi connectivity index (χ0n) is 8.22. The summed E-state index contributed by atoms with van der Waals surface area (Å²) in [5, 5.41) is 23.2. The van der Waals surface area contributed by atoms with E-state index in [4.69, 9.17) is 0 Å². The summed E-state index contributed by atoms with van der Waals surface area (Å²) in [6.07, 6.45) is 2.73. The summed E-state index contributed by atoms with van der Waals surface area (Å²) in [4.78, 5) is 2.11. The minimum absolute atomic E-state index is 0.271. The van der Waals surface area contributed by atoms with Crippen LogP contribution in [0.5, 0.6) is 0 Å². The molecule has 0 bridgehead atoms. The van der Waals surface area contributed by atoms with Crippen molar-refractivity contribution in [3.63, 3.8) is 0 Å². The lowest BCUT2D eigenvalue weighted by Crippen LogP contribution is -2.32. The van der Waals surface area contributed by atoms with Gasteiger partial charge in [-0.1, -0.05) is 5.10 Å². The lowest BCUT2D eigenvalue weighted by Gasteiger charge is -2.23. The molecule has 0 radical (unpaired) electrons. The van der Waals surface area contributed by atoms with Gasteiger partial charge in [0.15, 0.2) is 0 Å². The van der Waals surface area contributed by atoms with Gasteiger partial charge >= 0.3 is 0 Å². The molecule has 1 aromatic heterocycles. The highest BCUT2D eigenvalue weighted by atomic mass is 16.3. The first kappa shape index (κ1) is 9.39. The third-order valence-corrected chi connectivity index (χ3v) is 2.58. The van der Waals surface area contributed by atoms with Crippen molar-refractivity contribution in [2.45, 2.75) is 38.3 Å². The second-order valence-corrected chi connectivity index (χ2v) is 3.79. The predicted molar refractivity (Wildman–Crippen MR) is 50.8 cm³/mol. The highest BCUT2D eigenvalue weighted by Gasteiger charge is 2.28. The van der Waals surface area contributed by atoms with Crippen LogP contribution in [0.25, 0.3) is 0 Å². The minimum atomic E-state index is -0.271. The Kier molecular flexibility index (Phi) is 2.62. The predicted octanol–water partition coefficient (Wildman–Crippen LogP) is -0.0606. The van der Waals surface area contributed by atoms with Gasteiger partial charge in [0.2, 0.25) is 0 Å². The van der Waals surface area contributed by atoms with E-state index >= 15 is 0 Å². The molecule has 0 spiro atoms. The van der Waals surface area contributed by atoms with E-state index in [0.717, 1.165) is 25.8 Å². The maximum Gasteiger partial charge on any atom is 0.266 e. The average molecular weight is 197 g/mol. The van der Waals surface area contributed by atoms with E-state index in [1.807, 2.05) is 6.92 Å². The molecule has 14 heavy (non-hydrogen) atoms. The van der Waals surface area contributed by atoms with E-state index in [2.05, 4.69) is 25.5 Å². The zero-order valence-corrected chi connectivity index (χ0v) is 8.22. The molecule has 0 saturated carbocycles. The fraction of sp³-hybridized carbons (Fsp3) is 0.875. The molecule has 2 N–H and O–H groups in total. The first-order valence-corrected chi connectivity index (χ1v) is 4.95. The lowest BCUT2D eigenvalue weighted by molar-refractivity contribution is 0.175. The minimum Gasteiger partial charge on any atom is -0.393 e. The number of nitrogens with zero attached hydrogens (tertiary/aromatic N) is 4. The van der Waals surface area contributed by atoms with Gasteiger partial charge in [-0.2, -0.15) is 5.21 Å². The Morgan fingerprint density at radius 3 is 3.21 bits per heavy atom. The van der Waals surface area contributed by atoms with Crippen LogP contribution in [0, 0.1) is 0 Å². The summed E-state index contributed by atoms with van der Waals surface area (Å²) in [6.45, 7) is 2.77. The van der Waals surface area contributed by atoms with E-state index in [1.165, 1.54) is 0 Å². The molecule has 1 aliphatic heterocycles. The molecular weight excluding hydrogens is 182 g/mol. The lowest BCUT2D eigenvalue weighted by atomic mass is 10.1. The van der Waals surface area contributed by atoms with Gasteiger partial charge in [0.25, 0.3) is 5.95 Å². The Hall–Kier alpha value is -1.17. The van der Waals surface area contributed by atoms with Gasteiger partial charge < -0.3 is 10.0 Å². The highest BCUT2D eigenvalue weighted by Crippen LogP contribution is 2.24. The van der Waals surface area contributed by atoms with Crippen molar-refractivity contribution in [2.24, 2.45) is 0 Å². The summed E-state index contributed by atoms with van der Waals surface area (Å²) in [5.41, 5.74) is 0. The fourth-order valence-corrected chi connectivity index (χ4v) is 2.02. The highest BCUT2D eigenvalue weighted by molar-refractivity contribution is 5.30. The Labute approximate surface area is 82.3 Å². The van der Waals surface area contributed by atoms with Crippen LogP contribution in [0.4, 0.5) is 5.95 Å². The molecule has 0 amide bonds. The Morgan fingerprint density at radius 2 is 2.57 bits per heavy atom. The number of rotatable bonds is 3. The molecule has 2 atom stereocenters. The fourth-order valence-electron chi connectivity index (χ4n) is 2.02. The van der Waals surface area contributed by atoms with Gasteiger partial charge in [-0.25, -0.2) is 0 Å². The number of H-pyrrole nitrogens is 1. The number of aromatic amines is 1. The first-order valence-electron chi connectivity index (χ1n) is 4.95. The molecule has 1 aromatic rings. The van der Waals surface area contributed by atoms with Crippen molar-refractivity contribution < 1.29 is 5.11 Å². The molecule has 0 aromatic carbocycles. The molecule has 2 heterocycles. The van der Waals surface area contributed by atoms with Crippen LogP contribution in [0.2, 0.25) is 0 Å². The monoisotopic (exact) mass is 197 g/mol. The molecule has 2 rings (SSSR count). The summed E-state index contributed by atoms with van der Waals surface area (Å²) in [5.74, 6) is 0.646. The third kappa shape index (κ3) is 1.84. The molecule has 78 valence electrons. The third-order valence-electron chi connectivity index (χ3n) is 2.58. The Bertz CT molecular complexity index is 273. The van der Waals surface area contributed by atoms with Gasteiger partial charge in [0.05, 0.1) is 6.10 Å². The van der Waals surface area contributed by atoms with E-state index in [9.17, 15) is 5.11 Å². The van der Waals surface area contributed by atoms with Crippen molar-refractivity contribution >= 4 is 5.95 Å². The molecule has 1 aliphatic rings. The average Bonchev–Trinajstić information content (AvgIpc) is 2.70. The van der Waals surface area contributed by atoms with Gasteiger partial charge in [-0.3, -0.25) is 0 Å². The Balaban J connectivity index is 2.04. The molecule has 6 heteroatoms. The van der Waals surface area contributed by atoms with Gasteiger partial charge in [-0.15, -0.1) is 5.10 Å². The van der Waals surface area contributed by atoms with Crippen molar-refractivity contribution in [3.05, 3.63) is 0 Å². The quantitative estimate of drug-likeness (QED) is 0.709. The van der Waals surface area contributed by atoms with E-state index in [1.54, 1.807) is 0 Å². The SMILES string of the molecule is CC(O)CC1CCCN1c1nn[nH]n1.